The predicted octanol–water partition coefficient (Wildman–Crippen LogP) is 3.22. The fraction of sp³-hybridized carbons (Fsp3) is 0.588. The molecule has 0 aromatic heterocycles. The Balaban J connectivity index is 1.48. The first-order chi connectivity index (χ1) is 11.1. The molecule has 0 spiro atoms. The summed E-state index contributed by atoms with van der Waals surface area (Å²) in [6.07, 6.45) is 3.11. The second-order valence-electron chi connectivity index (χ2n) is 6.38. The van der Waals surface area contributed by atoms with Gasteiger partial charge in [0, 0.05) is 32.3 Å². The van der Waals surface area contributed by atoms with Crippen LogP contribution in [0, 0.1) is 5.92 Å². The van der Waals surface area contributed by atoms with Gasteiger partial charge in [-0.1, -0.05) is 29.3 Å². The minimum Gasteiger partial charge on any atom is -0.381 e. The lowest BCUT2D eigenvalue weighted by molar-refractivity contribution is 0.0903. The molecular weight excluding hydrogens is 335 g/mol. The molecule has 2 fully saturated rings. The van der Waals surface area contributed by atoms with E-state index in [1.54, 1.807) is 18.2 Å². The summed E-state index contributed by atoms with van der Waals surface area (Å²) < 4.78 is 5.44. The quantitative estimate of drug-likeness (QED) is 0.900. The molecule has 0 aliphatic carbocycles. The number of nitrogens with zero attached hydrogens (tertiary/aromatic N) is 1. The minimum absolute atomic E-state index is 0.139. The average molecular weight is 357 g/mol. The number of benzene rings is 1. The van der Waals surface area contributed by atoms with Gasteiger partial charge in [-0.2, -0.15) is 0 Å². The summed E-state index contributed by atoms with van der Waals surface area (Å²) in [6, 6.07) is 5.34. The van der Waals surface area contributed by atoms with Crippen molar-refractivity contribution in [3.05, 3.63) is 33.8 Å². The van der Waals surface area contributed by atoms with Crippen molar-refractivity contribution in [3.63, 3.8) is 0 Å². The van der Waals surface area contributed by atoms with Crippen LogP contribution in [0.5, 0.6) is 0 Å². The number of piperidine rings is 1. The van der Waals surface area contributed by atoms with Crippen LogP contribution in [0.2, 0.25) is 10.0 Å². The van der Waals surface area contributed by atoms with E-state index in [1.165, 1.54) is 6.42 Å². The molecule has 1 aromatic rings. The van der Waals surface area contributed by atoms with E-state index in [4.69, 9.17) is 27.9 Å². The van der Waals surface area contributed by atoms with Gasteiger partial charge in [0.2, 0.25) is 0 Å². The highest BCUT2D eigenvalue weighted by atomic mass is 35.5. The molecule has 2 aliphatic heterocycles. The molecule has 2 heterocycles. The first-order valence-electron chi connectivity index (χ1n) is 8.18. The maximum Gasteiger partial charge on any atom is 0.253 e. The van der Waals surface area contributed by atoms with Gasteiger partial charge in [0.15, 0.2) is 0 Å². The van der Waals surface area contributed by atoms with Crippen LogP contribution in [-0.2, 0) is 4.74 Å². The van der Waals surface area contributed by atoms with E-state index < -0.39 is 0 Å². The van der Waals surface area contributed by atoms with Gasteiger partial charge in [0.25, 0.3) is 5.91 Å². The Kier molecular flexibility index (Phi) is 5.81. The van der Waals surface area contributed by atoms with Gasteiger partial charge in [-0.3, -0.25) is 4.79 Å². The molecular formula is C17H22Cl2N2O2. The molecule has 23 heavy (non-hydrogen) atoms. The van der Waals surface area contributed by atoms with Gasteiger partial charge < -0.3 is 15.0 Å². The van der Waals surface area contributed by atoms with Gasteiger partial charge in [0.05, 0.1) is 22.2 Å². The van der Waals surface area contributed by atoms with E-state index in [2.05, 4.69) is 10.2 Å². The van der Waals surface area contributed by atoms with Crippen LogP contribution < -0.4 is 5.32 Å². The fourth-order valence-corrected chi connectivity index (χ4v) is 3.68. The van der Waals surface area contributed by atoms with Crippen LogP contribution in [0.15, 0.2) is 18.2 Å². The lowest BCUT2D eigenvalue weighted by atomic mass is 10.0. The number of ether oxygens (including phenoxy) is 1. The lowest BCUT2D eigenvalue weighted by Crippen LogP contribution is -2.45. The second kappa shape index (κ2) is 7.84. The number of nitrogens with one attached hydrogen (secondary N) is 1. The Morgan fingerprint density at radius 3 is 2.74 bits per heavy atom. The summed E-state index contributed by atoms with van der Waals surface area (Å²) in [5, 5.41) is 3.82. The number of likely N-dealkylation sites (tertiary alicyclic amines) is 1. The van der Waals surface area contributed by atoms with Crippen molar-refractivity contribution in [3.8, 4) is 0 Å². The first-order valence-corrected chi connectivity index (χ1v) is 8.94. The zero-order chi connectivity index (χ0) is 16.2. The third-order valence-corrected chi connectivity index (χ3v) is 5.48. The molecule has 1 atom stereocenters. The normalized spacial score (nSPS) is 23.1. The SMILES string of the molecule is O=C(NC1CCN(CC2CCOC2)CC1)c1cccc(Cl)c1Cl. The van der Waals surface area contributed by atoms with Crippen molar-refractivity contribution in [2.45, 2.75) is 25.3 Å². The van der Waals surface area contributed by atoms with Crippen molar-refractivity contribution in [1.82, 2.24) is 10.2 Å². The van der Waals surface area contributed by atoms with Crippen LogP contribution in [0.25, 0.3) is 0 Å². The minimum atomic E-state index is -0.139. The highest BCUT2D eigenvalue weighted by Gasteiger charge is 2.25. The summed E-state index contributed by atoms with van der Waals surface area (Å²) in [6.45, 7) is 4.94. The summed E-state index contributed by atoms with van der Waals surface area (Å²) in [5.74, 6) is 0.534. The standard InChI is InChI=1S/C17H22Cl2N2O2/c18-15-3-1-2-14(16(15)19)17(22)20-13-4-7-21(8-5-13)10-12-6-9-23-11-12/h1-3,12-13H,4-11H2,(H,20,22). The molecule has 4 nitrogen and oxygen atoms in total. The maximum atomic E-state index is 12.4. The highest BCUT2D eigenvalue weighted by Crippen LogP contribution is 2.26. The molecule has 6 heteroatoms. The monoisotopic (exact) mass is 356 g/mol. The van der Waals surface area contributed by atoms with E-state index >= 15 is 0 Å². The molecule has 0 saturated carbocycles. The molecule has 1 N–H and O–H groups in total. The van der Waals surface area contributed by atoms with Gasteiger partial charge in [-0.25, -0.2) is 0 Å². The highest BCUT2D eigenvalue weighted by molar-refractivity contribution is 6.43. The molecule has 3 rings (SSSR count). The van der Waals surface area contributed by atoms with Crippen LogP contribution in [0.3, 0.4) is 0 Å². The van der Waals surface area contributed by atoms with Crippen molar-refractivity contribution >= 4 is 29.1 Å². The molecule has 1 aromatic carbocycles. The topological polar surface area (TPSA) is 41.6 Å². The summed E-state index contributed by atoms with van der Waals surface area (Å²) in [7, 11) is 0. The molecule has 1 amide bonds. The number of rotatable bonds is 4. The third-order valence-electron chi connectivity index (χ3n) is 4.66. The molecule has 0 radical (unpaired) electrons. The number of carbonyl (C=O) groups excluding carboxylic acids is 1. The van der Waals surface area contributed by atoms with Gasteiger partial charge >= 0.3 is 0 Å². The van der Waals surface area contributed by atoms with Crippen LogP contribution in [0.1, 0.15) is 29.6 Å². The number of carbonyl (C=O) groups is 1. The van der Waals surface area contributed by atoms with Crippen LogP contribution >= 0.6 is 23.2 Å². The summed E-state index contributed by atoms with van der Waals surface area (Å²) in [5.41, 5.74) is 0.449. The zero-order valence-electron chi connectivity index (χ0n) is 13.1. The van der Waals surface area contributed by atoms with E-state index in [0.29, 0.717) is 21.5 Å². The van der Waals surface area contributed by atoms with Crippen molar-refractivity contribution in [1.29, 1.82) is 0 Å². The Bertz CT molecular complexity index is 554. The van der Waals surface area contributed by atoms with E-state index in [-0.39, 0.29) is 11.9 Å². The van der Waals surface area contributed by atoms with E-state index in [9.17, 15) is 4.79 Å². The number of amides is 1. The molecule has 0 bridgehead atoms. The molecule has 2 saturated heterocycles. The fourth-order valence-electron chi connectivity index (χ4n) is 3.29. The lowest BCUT2D eigenvalue weighted by Gasteiger charge is -2.33. The van der Waals surface area contributed by atoms with Crippen molar-refractivity contribution < 1.29 is 9.53 Å². The van der Waals surface area contributed by atoms with Crippen molar-refractivity contribution in [2.24, 2.45) is 5.92 Å². The summed E-state index contributed by atoms with van der Waals surface area (Å²) >= 11 is 12.1. The van der Waals surface area contributed by atoms with E-state index in [1.807, 2.05) is 0 Å². The zero-order valence-corrected chi connectivity index (χ0v) is 14.6. The second-order valence-corrected chi connectivity index (χ2v) is 7.16. The number of hydrogen-bond acceptors (Lipinski definition) is 3. The Morgan fingerprint density at radius 1 is 1.26 bits per heavy atom. The van der Waals surface area contributed by atoms with Crippen molar-refractivity contribution in [2.75, 3.05) is 32.8 Å². The number of hydrogen-bond donors (Lipinski definition) is 1. The van der Waals surface area contributed by atoms with Gasteiger partial charge in [-0.05, 0) is 37.3 Å². The molecule has 2 aliphatic rings. The van der Waals surface area contributed by atoms with Crippen LogP contribution in [-0.4, -0.2) is 49.7 Å². The number of halogens is 2. The molecule has 126 valence electrons. The average Bonchev–Trinajstić information content (AvgIpc) is 3.05. The predicted molar refractivity (Wildman–Crippen MR) is 92.3 cm³/mol. The Morgan fingerprint density at radius 2 is 2.04 bits per heavy atom. The first kappa shape index (κ1) is 17.0. The van der Waals surface area contributed by atoms with Crippen LogP contribution in [0.4, 0.5) is 0 Å². The van der Waals surface area contributed by atoms with Gasteiger partial charge in [0.1, 0.15) is 0 Å². The Labute approximate surface area is 147 Å². The largest absolute Gasteiger partial charge is 0.381 e. The maximum absolute atomic E-state index is 12.4. The van der Waals surface area contributed by atoms with Gasteiger partial charge in [-0.15, -0.1) is 0 Å². The van der Waals surface area contributed by atoms with E-state index in [0.717, 1.165) is 45.7 Å². The third kappa shape index (κ3) is 4.38. The Hall–Kier alpha value is -0.810. The molecule has 1 unspecified atom stereocenters. The smallest absolute Gasteiger partial charge is 0.253 e. The summed E-state index contributed by atoms with van der Waals surface area (Å²) in [4.78, 5) is 14.8.